The van der Waals surface area contributed by atoms with Crippen molar-refractivity contribution in [2.75, 3.05) is 0 Å². The van der Waals surface area contributed by atoms with Gasteiger partial charge in [0.15, 0.2) is 11.3 Å². The predicted molar refractivity (Wildman–Crippen MR) is 101 cm³/mol. The van der Waals surface area contributed by atoms with Gasteiger partial charge in [0.1, 0.15) is 16.6 Å². The molecule has 120 valence electrons. The first-order valence-corrected chi connectivity index (χ1v) is 8.23. The number of nitrogens with zero attached hydrogens (tertiary/aromatic N) is 6. The van der Waals surface area contributed by atoms with Crippen LogP contribution in [-0.4, -0.2) is 29.9 Å². The van der Waals surface area contributed by atoms with Crippen LogP contribution in [0, 0.1) is 0 Å². The van der Waals surface area contributed by atoms with Crippen LogP contribution in [0.25, 0.3) is 54.9 Å². The molecule has 0 radical (unpaired) electrons. The van der Waals surface area contributed by atoms with Crippen molar-refractivity contribution in [3.8, 4) is 0 Å². The van der Waals surface area contributed by atoms with E-state index in [9.17, 15) is 0 Å². The van der Waals surface area contributed by atoms with Crippen LogP contribution in [0.4, 0.5) is 0 Å². The molecular weight excluding hydrogens is 324 g/mol. The van der Waals surface area contributed by atoms with Crippen LogP contribution in [0.1, 0.15) is 0 Å². The summed E-state index contributed by atoms with van der Waals surface area (Å²) in [7, 11) is 0. The molecule has 6 rings (SSSR count). The number of hydrogen-bond donors (Lipinski definition) is 0. The Bertz CT molecular complexity index is 1460. The van der Waals surface area contributed by atoms with E-state index in [1.54, 1.807) is 24.8 Å². The maximum absolute atomic E-state index is 4.80. The van der Waals surface area contributed by atoms with E-state index in [1.807, 2.05) is 12.1 Å². The van der Waals surface area contributed by atoms with Gasteiger partial charge in [-0.2, -0.15) is 0 Å². The standard InChI is InChI=1S/C20H10N6/c1-2-4-12-11(3-1)5-6-13-14(12)16-18(17-15(13)21-7-8-22-17)26-20-19(25-16)23-9-10-24-20/h1-10H. The van der Waals surface area contributed by atoms with Crippen LogP contribution in [-0.2, 0) is 0 Å². The highest BCUT2D eigenvalue weighted by molar-refractivity contribution is 6.28. The van der Waals surface area contributed by atoms with Gasteiger partial charge in [-0.05, 0) is 10.8 Å². The molecule has 6 nitrogen and oxygen atoms in total. The first-order valence-electron chi connectivity index (χ1n) is 8.23. The first kappa shape index (κ1) is 13.5. The van der Waals surface area contributed by atoms with Gasteiger partial charge in [-0.25, -0.2) is 19.9 Å². The van der Waals surface area contributed by atoms with Crippen molar-refractivity contribution in [2.24, 2.45) is 0 Å². The van der Waals surface area contributed by atoms with Gasteiger partial charge in [0.2, 0.25) is 0 Å². The van der Waals surface area contributed by atoms with Crippen molar-refractivity contribution < 1.29 is 0 Å². The van der Waals surface area contributed by atoms with E-state index in [1.165, 1.54) is 0 Å². The van der Waals surface area contributed by atoms with Crippen LogP contribution < -0.4 is 0 Å². The lowest BCUT2D eigenvalue weighted by molar-refractivity contribution is 1.20. The van der Waals surface area contributed by atoms with Gasteiger partial charge in [0.05, 0.1) is 5.52 Å². The Morgan fingerprint density at radius 3 is 2.04 bits per heavy atom. The quantitative estimate of drug-likeness (QED) is 0.310. The highest BCUT2D eigenvalue weighted by Crippen LogP contribution is 2.35. The molecule has 6 heteroatoms. The molecule has 0 fully saturated rings. The third-order valence-electron chi connectivity index (χ3n) is 4.66. The lowest BCUT2D eigenvalue weighted by Gasteiger charge is -2.10. The average Bonchev–Trinajstić information content (AvgIpc) is 2.72. The van der Waals surface area contributed by atoms with E-state index in [4.69, 9.17) is 9.97 Å². The summed E-state index contributed by atoms with van der Waals surface area (Å²) in [6.07, 6.45) is 6.63. The lowest BCUT2D eigenvalue weighted by Crippen LogP contribution is -1.96. The summed E-state index contributed by atoms with van der Waals surface area (Å²) in [5, 5.41) is 4.29. The molecule has 0 unspecified atom stereocenters. The van der Waals surface area contributed by atoms with Gasteiger partial charge in [-0.15, -0.1) is 0 Å². The topological polar surface area (TPSA) is 77.3 Å². The van der Waals surface area contributed by atoms with Crippen molar-refractivity contribution >= 4 is 54.9 Å². The molecule has 0 bridgehead atoms. The number of rotatable bonds is 0. The van der Waals surface area contributed by atoms with E-state index in [0.717, 1.165) is 38.1 Å². The SMILES string of the molecule is c1ccc2c(c1)ccc1c3nccnc3c3nc4nccnc4nc3c21. The molecule has 3 aromatic carbocycles. The van der Waals surface area contributed by atoms with Crippen molar-refractivity contribution in [3.05, 3.63) is 61.2 Å². The zero-order valence-electron chi connectivity index (χ0n) is 13.5. The van der Waals surface area contributed by atoms with Crippen LogP contribution in [0.3, 0.4) is 0 Å². The minimum Gasteiger partial charge on any atom is -0.252 e. The van der Waals surface area contributed by atoms with Crippen LogP contribution in [0.5, 0.6) is 0 Å². The number of aromatic nitrogens is 6. The molecule has 3 aromatic heterocycles. The van der Waals surface area contributed by atoms with Gasteiger partial charge >= 0.3 is 0 Å². The van der Waals surface area contributed by atoms with Crippen molar-refractivity contribution in [3.63, 3.8) is 0 Å². The molecule has 26 heavy (non-hydrogen) atoms. The fraction of sp³-hybridized carbons (Fsp3) is 0. The Morgan fingerprint density at radius 1 is 0.500 bits per heavy atom. The molecule has 6 aromatic rings. The van der Waals surface area contributed by atoms with Gasteiger partial charge in [-0.3, -0.25) is 9.97 Å². The molecule has 0 aliphatic heterocycles. The average molecular weight is 334 g/mol. The largest absolute Gasteiger partial charge is 0.252 e. The molecule has 0 aliphatic rings. The van der Waals surface area contributed by atoms with Crippen LogP contribution in [0.15, 0.2) is 61.2 Å². The maximum Gasteiger partial charge on any atom is 0.198 e. The van der Waals surface area contributed by atoms with E-state index in [2.05, 4.69) is 44.2 Å². The molecule has 0 N–H and O–H groups in total. The van der Waals surface area contributed by atoms with Crippen LogP contribution in [0.2, 0.25) is 0 Å². The summed E-state index contributed by atoms with van der Waals surface area (Å²) < 4.78 is 0. The molecule has 0 saturated carbocycles. The third kappa shape index (κ3) is 1.70. The Kier molecular flexibility index (Phi) is 2.52. The maximum atomic E-state index is 4.80. The van der Waals surface area contributed by atoms with Crippen molar-refractivity contribution in [1.29, 1.82) is 0 Å². The highest BCUT2D eigenvalue weighted by atomic mass is 15.0. The number of benzene rings is 3. The Balaban J connectivity index is 2.03. The Morgan fingerprint density at radius 2 is 1.19 bits per heavy atom. The summed E-state index contributed by atoms with van der Waals surface area (Å²) in [5.41, 5.74) is 4.05. The Labute approximate surface area is 146 Å². The smallest absolute Gasteiger partial charge is 0.198 e. The predicted octanol–water partition coefficient (Wildman–Crippen LogP) is 3.82. The second-order valence-corrected chi connectivity index (χ2v) is 6.09. The number of fused-ring (bicyclic) bond motifs is 9. The summed E-state index contributed by atoms with van der Waals surface area (Å²) >= 11 is 0. The van der Waals surface area contributed by atoms with Crippen LogP contribution >= 0.6 is 0 Å². The first-order chi connectivity index (χ1) is 12.9. The molecule has 0 atom stereocenters. The van der Waals surface area contributed by atoms with Gasteiger partial charge in [0.25, 0.3) is 0 Å². The number of hydrogen-bond acceptors (Lipinski definition) is 6. The second-order valence-electron chi connectivity index (χ2n) is 6.09. The molecule has 3 heterocycles. The third-order valence-corrected chi connectivity index (χ3v) is 4.66. The summed E-state index contributed by atoms with van der Waals surface area (Å²) in [6.45, 7) is 0. The fourth-order valence-corrected chi connectivity index (χ4v) is 3.57. The van der Waals surface area contributed by atoms with E-state index >= 15 is 0 Å². The zero-order chi connectivity index (χ0) is 17.1. The molecule has 0 aliphatic carbocycles. The summed E-state index contributed by atoms with van der Waals surface area (Å²) in [5.74, 6) is 0. The fourth-order valence-electron chi connectivity index (χ4n) is 3.57. The summed E-state index contributed by atoms with van der Waals surface area (Å²) in [6, 6.07) is 12.4. The highest BCUT2D eigenvalue weighted by Gasteiger charge is 2.16. The van der Waals surface area contributed by atoms with E-state index in [0.29, 0.717) is 16.8 Å². The normalized spacial score (nSPS) is 11.8. The molecule has 0 spiro atoms. The second kappa shape index (κ2) is 4.86. The van der Waals surface area contributed by atoms with Gasteiger partial charge < -0.3 is 0 Å². The molecular formula is C20H10N6. The molecule has 0 saturated heterocycles. The monoisotopic (exact) mass is 334 g/mol. The van der Waals surface area contributed by atoms with Crippen molar-refractivity contribution in [1.82, 2.24) is 29.9 Å². The van der Waals surface area contributed by atoms with E-state index < -0.39 is 0 Å². The summed E-state index contributed by atoms with van der Waals surface area (Å²) in [4.78, 5) is 27.3. The van der Waals surface area contributed by atoms with Gasteiger partial charge in [-0.1, -0.05) is 36.4 Å². The Hall–Kier alpha value is -3.80. The zero-order valence-corrected chi connectivity index (χ0v) is 13.5. The van der Waals surface area contributed by atoms with E-state index in [-0.39, 0.29) is 0 Å². The van der Waals surface area contributed by atoms with Crippen molar-refractivity contribution in [2.45, 2.75) is 0 Å². The van der Waals surface area contributed by atoms with Gasteiger partial charge in [0, 0.05) is 35.6 Å². The minimum atomic E-state index is 0.506. The molecule has 0 amide bonds. The lowest BCUT2D eigenvalue weighted by atomic mass is 9.99. The minimum absolute atomic E-state index is 0.506.